The average molecular weight is 304 g/mol. The van der Waals surface area contributed by atoms with Crippen LogP contribution in [0.1, 0.15) is 36.0 Å². The van der Waals surface area contributed by atoms with Gasteiger partial charge in [-0.2, -0.15) is 0 Å². The third-order valence-corrected chi connectivity index (χ3v) is 3.60. The van der Waals surface area contributed by atoms with E-state index in [2.05, 4.69) is 10.1 Å². The number of hydrogen-bond donors (Lipinski definition) is 1. The van der Waals surface area contributed by atoms with Crippen LogP contribution in [0.15, 0.2) is 24.3 Å². The van der Waals surface area contributed by atoms with Gasteiger partial charge in [-0.15, -0.1) is 0 Å². The molecule has 0 unspecified atom stereocenters. The topological polar surface area (TPSA) is 75.7 Å². The maximum atomic E-state index is 12.0. The molecule has 1 aliphatic rings. The molecule has 2 rings (SSSR count). The average Bonchev–Trinajstić information content (AvgIpc) is 2.72. The molecule has 1 aromatic rings. The molecule has 0 saturated carbocycles. The van der Waals surface area contributed by atoms with Crippen molar-refractivity contribution < 1.29 is 19.1 Å². The summed E-state index contributed by atoms with van der Waals surface area (Å²) >= 11 is 0. The number of carbonyl (C=O) groups is 3. The Kier molecular flexibility index (Phi) is 5.52. The Hall–Kier alpha value is -2.37. The molecule has 6 heteroatoms. The van der Waals surface area contributed by atoms with E-state index in [1.54, 1.807) is 29.2 Å². The molecule has 1 aromatic carbocycles. The summed E-state index contributed by atoms with van der Waals surface area (Å²) in [5, 5.41) is 2.73. The Labute approximate surface area is 129 Å². The second-order valence-corrected chi connectivity index (χ2v) is 5.24. The molecule has 1 heterocycles. The highest BCUT2D eigenvalue weighted by Crippen LogP contribution is 2.13. The number of amides is 2. The van der Waals surface area contributed by atoms with Crippen molar-refractivity contribution >= 4 is 23.5 Å². The number of methoxy groups -OCH3 is 1. The number of benzene rings is 1. The van der Waals surface area contributed by atoms with Crippen molar-refractivity contribution in [2.45, 2.75) is 25.7 Å². The largest absolute Gasteiger partial charge is 0.465 e. The highest BCUT2D eigenvalue weighted by Gasteiger charge is 2.19. The summed E-state index contributed by atoms with van der Waals surface area (Å²) in [5.74, 6) is -0.622. The van der Waals surface area contributed by atoms with E-state index < -0.39 is 5.97 Å². The first-order valence-corrected chi connectivity index (χ1v) is 7.36. The quantitative estimate of drug-likeness (QED) is 0.861. The van der Waals surface area contributed by atoms with Gasteiger partial charge in [-0.3, -0.25) is 9.59 Å². The van der Waals surface area contributed by atoms with Gasteiger partial charge in [0.2, 0.25) is 11.8 Å². The molecule has 0 spiro atoms. The molecular weight excluding hydrogens is 284 g/mol. The molecule has 2 amide bonds. The Morgan fingerprint density at radius 2 is 1.91 bits per heavy atom. The van der Waals surface area contributed by atoms with Gasteiger partial charge >= 0.3 is 5.97 Å². The number of esters is 1. The number of nitrogens with one attached hydrogen (secondary N) is 1. The van der Waals surface area contributed by atoms with E-state index >= 15 is 0 Å². The van der Waals surface area contributed by atoms with Crippen LogP contribution in [0.2, 0.25) is 0 Å². The molecule has 0 radical (unpaired) electrons. The van der Waals surface area contributed by atoms with Gasteiger partial charge in [-0.1, -0.05) is 6.42 Å². The van der Waals surface area contributed by atoms with Gasteiger partial charge in [0.05, 0.1) is 19.2 Å². The van der Waals surface area contributed by atoms with Crippen LogP contribution in [0.3, 0.4) is 0 Å². The molecule has 1 fully saturated rings. The molecular formula is C16H20N2O4. The molecule has 0 aliphatic carbocycles. The van der Waals surface area contributed by atoms with E-state index in [1.165, 1.54) is 7.11 Å². The van der Waals surface area contributed by atoms with Gasteiger partial charge in [-0.25, -0.2) is 4.79 Å². The van der Waals surface area contributed by atoms with Gasteiger partial charge < -0.3 is 15.0 Å². The minimum atomic E-state index is -0.423. The lowest BCUT2D eigenvalue weighted by Gasteiger charge is -2.19. The monoisotopic (exact) mass is 304 g/mol. The van der Waals surface area contributed by atoms with Crippen LogP contribution >= 0.6 is 0 Å². The summed E-state index contributed by atoms with van der Waals surface area (Å²) in [7, 11) is 1.32. The van der Waals surface area contributed by atoms with Crippen LogP contribution in [-0.2, 0) is 14.3 Å². The summed E-state index contributed by atoms with van der Waals surface area (Å²) in [6, 6.07) is 6.43. The van der Waals surface area contributed by atoms with Gasteiger partial charge in [0, 0.05) is 18.7 Å². The van der Waals surface area contributed by atoms with Crippen molar-refractivity contribution in [1.29, 1.82) is 0 Å². The maximum Gasteiger partial charge on any atom is 0.337 e. The normalized spacial score (nSPS) is 15.1. The first-order valence-electron chi connectivity index (χ1n) is 7.36. The van der Waals surface area contributed by atoms with Gasteiger partial charge in [-0.05, 0) is 37.1 Å². The fourth-order valence-electron chi connectivity index (χ4n) is 2.39. The SMILES string of the molecule is COC(=O)c1ccc(NC(=O)CN2CCCCCC2=O)cc1. The van der Waals surface area contributed by atoms with E-state index in [1.807, 2.05) is 0 Å². The number of carbonyl (C=O) groups excluding carboxylic acids is 3. The minimum Gasteiger partial charge on any atom is -0.465 e. The number of nitrogens with zero attached hydrogens (tertiary/aromatic N) is 1. The fraction of sp³-hybridized carbons (Fsp3) is 0.438. The van der Waals surface area contributed by atoms with Gasteiger partial charge in [0.15, 0.2) is 0 Å². The van der Waals surface area contributed by atoms with E-state index in [0.29, 0.717) is 24.2 Å². The summed E-state index contributed by atoms with van der Waals surface area (Å²) in [6.07, 6.45) is 3.37. The molecule has 22 heavy (non-hydrogen) atoms. The third-order valence-electron chi connectivity index (χ3n) is 3.60. The Balaban J connectivity index is 1.91. The zero-order valence-corrected chi connectivity index (χ0v) is 12.6. The molecule has 1 saturated heterocycles. The molecule has 1 N–H and O–H groups in total. The molecule has 6 nitrogen and oxygen atoms in total. The zero-order chi connectivity index (χ0) is 15.9. The maximum absolute atomic E-state index is 12.0. The van der Waals surface area contributed by atoms with Crippen LogP contribution in [-0.4, -0.2) is 42.9 Å². The molecule has 0 bridgehead atoms. The smallest absolute Gasteiger partial charge is 0.337 e. The van der Waals surface area contributed by atoms with E-state index in [-0.39, 0.29) is 18.4 Å². The second kappa shape index (κ2) is 7.59. The number of anilines is 1. The molecule has 1 aliphatic heterocycles. The molecule has 118 valence electrons. The first-order chi connectivity index (χ1) is 10.6. The summed E-state index contributed by atoms with van der Waals surface area (Å²) in [4.78, 5) is 36.8. The predicted octanol–water partition coefficient (Wildman–Crippen LogP) is 1.81. The van der Waals surface area contributed by atoms with Crippen molar-refractivity contribution in [2.75, 3.05) is 25.5 Å². The van der Waals surface area contributed by atoms with E-state index in [4.69, 9.17) is 0 Å². The number of likely N-dealkylation sites (tertiary alicyclic amines) is 1. The van der Waals surface area contributed by atoms with Crippen LogP contribution in [0, 0.1) is 0 Å². The summed E-state index contributed by atoms with van der Waals surface area (Å²) < 4.78 is 4.61. The van der Waals surface area contributed by atoms with E-state index in [0.717, 1.165) is 19.3 Å². The van der Waals surface area contributed by atoms with Crippen LogP contribution < -0.4 is 5.32 Å². The second-order valence-electron chi connectivity index (χ2n) is 5.24. The first kappa shape index (κ1) is 16.0. The molecule has 0 atom stereocenters. The van der Waals surface area contributed by atoms with E-state index in [9.17, 15) is 14.4 Å². The highest BCUT2D eigenvalue weighted by molar-refractivity contribution is 5.95. The molecule has 0 aromatic heterocycles. The lowest BCUT2D eigenvalue weighted by molar-refractivity contribution is -0.134. The zero-order valence-electron chi connectivity index (χ0n) is 12.6. The van der Waals surface area contributed by atoms with Crippen LogP contribution in [0.25, 0.3) is 0 Å². The Bertz CT molecular complexity index is 554. The lowest BCUT2D eigenvalue weighted by atomic mass is 10.2. The third kappa shape index (κ3) is 4.31. The summed E-state index contributed by atoms with van der Waals surface area (Å²) in [6.45, 7) is 0.700. The number of hydrogen-bond acceptors (Lipinski definition) is 4. The van der Waals surface area contributed by atoms with Crippen LogP contribution in [0.4, 0.5) is 5.69 Å². The van der Waals surface area contributed by atoms with Crippen molar-refractivity contribution in [2.24, 2.45) is 0 Å². The predicted molar refractivity (Wildman–Crippen MR) is 81.5 cm³/mol. The van der Waals surface area contributed by atoms with Gasteiger partial charge in [0.25, 0.3) is 0 Å². The summed E-state index contributed by atoms with van der Waals surface area (Å²) in [5.41, 5.74) is 1.00. The lowest BCUT2D eigenvalue weighted by Crippen LogP contribution is -2.37. The van der Waals surface area contributed by atoms with Crippen LogP contribution in [0.5, 0.6) is 0 Å². The Morgan fingerprint density at radius 1 is 1.18 bits per heavy atom. The minimum absolute atomic E-state index is 0.0358. The highest BCUT2D eigenvalue weighted by atomic mass is 16.5. The van der Waals surface area contributed by atoms with Crippen molar-refractivity contribution in [1.82, 2.24) is 4.90 Å². The Morgan fingerprint density at radius 3 is 2.59 bits per heavy atom. The number of rotatable bonds is 4. The van der Waals surface area contributed by atoms with Crippen molar-refractivity contribution in [3.05, 3.63) is 29.8 Å². The standard InChI is InChI=1S/C16H20N2O4/c1-22-16(21)12-6-8-13(9-7-12)17-14(19)11-18-10-4-2-3-5-15(18)20/h6-9H,2-5,10-11H2,1H3,(H,17,19). The fourth-order valence-corrected chi connectivity index (χ4v) is 2.39. The van der Waals surface area contributed by atoms with Crippen molar-refractivity contribution in [3.8, 4) is 0 Å². The van der Waals surface area contributed by atoms with Gasteiger partial charge in [0.1, 0.15) is 0 Å². The number of ether oxygens (including phenoxy) is 1. The van der Waals surface area contributed by atoms with Crippen molar-refractivity contribution in [3.63, 3.8) is 0 Å².